The van der Waals surface area contributed by atoms with E-state index in [0.717, 1.165) is 68.2 Å². The van der Waals surface area contributed by atoms with E-state index in [2.05, 4.69) is 27.4 Å². The third kappa shape index (κ3) is 5.51. The molecule has 1 aliphatic heterocycles. The van der Waals surface area contributed by atoms with Crippen LogP contribution in [0.4, 0.5) is 17.5 Å². The van der Waals surface area contributed by atoms with E-state index >= 15 is 0 Å². The number of piperidine rings is 1. The minimum absolute atomic E-state index is 0.114. The molecule has 0 unspecified atom stereocenters. The van der Waals surface area contributed by atoms with Crippen LogP contribution in [0.2, 0.25) is 5.02 Å². The van der Waals surface area contributed by atoms with Gasteiger partial charge in [-0.3, -0.25) is 9.59 Å². The van der Waals surface area contributed by atoms with Crippen molar-refractivity contribution >= 4 is 45.9 Å². The van der Waals surface area contributed by atoms with Gasteiger partial charge in [0.1, 0.15) is 5.02 Å². The highest BCUT2D eigenvalue weighted by Gasteiger charge is 2.23. The van der Waals surface area contributed by atoms with Crippen LogP contribution in [0.3, 0.4) is 0 Å². The summed E-state index contributed by atoms with van der Waals surface area (Å²) in [4.78, 5) is 36.5. The number of fused-ring (bicyclic) bond motifs is 1. The molecular weight excluding hydrogens is 492 g/mol. The van der Waals surface area contributed by atoms with Gasteiger partial charge in [-0.25, -0.2) is 4.98 Å². The summed E-state index contributed by atoms with van der Waals surface area (Å²) in [6.45, 7) is 3.91. The normalized spacial score (nSPS) is 16.8. The Balaban J connectivity index is 1.48. The first-order valence-electron chi connectivity index (χ1n) is 13.0. The summed E-state index contributed by atoms with van der Waals surface area (Å²) in [6.07, 6.45) is 7.94. The molecule has 1 aromatic carbocycles. The van der Waals surface area contributed by atoms with Gasteiger partial charge in [0.05, 0.1) is 11.7 Å². The molecule has 0 bridgehead atoms. The number of pyridine rings is 1. The largest absolute Gasteiger partial charge is 0.478 e. The fraction of sp³-hybridized carbons (Fsp3) is 0.481. The van der Waals surface area contributed by atoms with Crippen LogP contribution in [0.15, 0.2) is 35.3 Å². The number of ether oxygens (including phenoxy) is 1. The molecule has 2 aliphatic rings. The Hall–Kier alpha value is -3.33. The molecule has 37 heavy (non-hydrogen) atoms. The average Bonchev–Trinajstić information content (AvgIpc) is 3.43. The number of hydrogen-bond donors (Lipinski definition) is 2. The topological polar surface area (TPSA) is 101 Å². The van der Waals surface area contributed by atoms with Crippen LogP contribution in [0.5, 0.6) is 5.75 Å². The van der Waals surface area contributed by atoms with Gasteiger partial charge >= 0.3 is 0 Å². The van der Waals surface area contributed by atoms with E-state index < -0.39 is 0 Å². The van der Waals surface area contributed by atoms with Crippen LogP contribution in [-0.2, 0) is 4.79 Å². The summed E-state index contributed by atoms with van der Waals surface area (Å²) in [7, 11) is 1.54. The zero-order chi connectivity index (χ0) is 25.9. The van der Waals surface area contributed by atoms with Gasteiger partial charge in [0.15, 0.2) is 18.2 Å². The molecule has 5 rings (SSSR count). The Labute approximate surface area is 221 Å². The summed E-state index contributed by atoms with van der Waals surface area (Å²) in [6, 6.07) is 7.65. The fourth-order valence-corrected chi connectivity index (χ4v) is 5.32. The second kappa shape index (κ2) is 11.0. The predicted molar refractivity (Wildman–Crippen MR) is 146 cm³/mol. The number of aromatic nitrogens is 3. The van der Waals surface area contributed by atoms with Gasteiger partial charge < -0.3 is 24.8 Å². The number of carbonyl (C=O) groups excluding carboxylic acids is 1. The number of amides is 1. The van der Waals surface area contributed by atoms with Crippen LogP contribution in [0.25, 0.3) is 10.9 Å². The Kier molecular flexibility index (Phi) is 7.50. The van der Waals surface area contributed by atoms with Gasteiger partial charge in [0, 0.05) is 37.3 Å². The van der Waals surface area contributed by atoms with Gasteiger partial charge in [-0.05, 0) is 55.9 Å². The van der Waals surface area contributed by atoms with Crippen molar-refractivity contribution in [2.75, 3.05) is 37.0 Å². The maximum atomic E-state index is 13.4. The highest BCUT2D eigenvalue weighted by Crippen LogP contribution is 2.34. The molecule has 0 spiro atoms. The molecule has 2 aromatic heterocycles. The first-order valence-corrected chi connectivity index (χ1v) is 13.4. The molecule has 0 atom stereocenters. The molecule has 3 aromatic rings. The van der Waals surface area contributed by atoms with Crippen molar-refractivity contribution in [3.63, 3.8) is 0 Å². The Morgan fingerprint density at radius 1 is 1.16 bits per heavy atom. The number of carbonyl (C=O) groups is 1. The van der Waals surface area contributed by atoms with E-state index in [4.69, 9.17) is 21.3 Å². The predicted octanol–water partition coefficient (Wildman–Crippen LogP) is 4.66. The van der Waals surface area contributed by atoms with E-state index in [1.807, 2.05) is 22.8 Å². The smallest absolute Gasteiger partial charge is 0.293 e. The van der Waals surface area contributed by atoms with E-state index in [1.54, 1.807) is 12.3 Å². The Morgan fingerprint density at radius 2 is 1.92 bits per heavy atom. The molecule has 196 valence electrons. The van der Waals surface area contributed by atoms with Crippen molar-refractivity contribution in [2.24, 2.45) is 5.92 Å². The molecule has 2 N–H and O–H groups in total. The number of halogens is 1. The highest BCUT2D eigenvalue weighted by molar-refractivity contribution is 6.32. The average molecular weight is 525 g/mol. The molecule has 1 saturated carbocycles. The zero-order valence-corrected chi connectivity index (χ0v) is 22.1. The van der Waals surface area contributed by atoms with Gasteiger partial charge in [-0.2, -0.15) is 4.98 Å². The van der Waals surface area contributed by atoms with E-state index in [-0.39, 0.29) is 29.9 Å². The summed E-state index contributed by atoms with van der Waals surface area (Å²) in [5, 5.41) is 7.12. The number of nitrogens with one attached hydrogen (secondary N) is 2. The second-order valence-electron chi connectivity index (χ2n) is 10.0. The monoisotopic (exact) mass is 524 g/mol. The van der Waals surface area contributed by atoms with Crippen molar-refractivity contribution in [2.45, 2.75) is 51.5 Å². The summed E-state index contributed by atoms with van der Waals surface area (Å²) >= 11 is 6.46. The molecule has 3 heterocycles. The quantitative estimate of drug-likeness (QED) is 0.463. The van der Waals surface area contributed by atoms with Gasteiger partial charge in [-0.1, -0.05) is 31.4 Å². The molecule has 0 radical (unpaired) electrons. The van der Waals surface area contributed by atoms with Crippen molar-refractivity contribution < 1.29 is 9.53 Å². The molecular formula is C27H33ClN6O3. The third-order valence-electron chi connectivity index (χ3n) is 7.39. The van der Waals surface area contributed by atoms with Crippen LogP contribution < -0.4 is 25.8 Å². The number of hydrogen-bond acceptors (Lipinski definition) is 7. The van der Waals surface area contributed by atoms with Gasteiger partial charge in [0.25, 0.3) is 11.5 Å². The molecule has 9 nitrogen and oxygen atoms in total. The van der Waals surface area contributed by atoms with Crippen LogP contribution in [0.1, 0.15) is 51.5 Å². The fourth-order valence-electron chi connectivity index (χ4n) is 5.19. The number of likely N-dealkylation sites (N-methyl/N-ethyl adjacent to an activating group) is 1. The van der Waals surface area contributed by atoms with Gasteiger partial charge in [-0.15, -0.1) is 0 Å². The summed E-state index contributed by atoms with van der Waals surface area (Å²) in [5.74, 6) is 1.79. The Morgan fingerprint density at radius 3 is 2.65 bits per heavy atom. The van der Waals surface area contributed by atoms with Crippen LogP contribution in [0, 0.1) is 5.92 Å². The maximum Gasteiger partial charge on any atom is 0.293 e. The van der Waals surface area contributed by atoms with Crippen molar-refractivity contribution in [1.82, 2.24) is 19.9 Å². The second-order valence-corrected chi connectivity index (χ2v) is 10.4. The van der Waals surface area contributed by atoms with Crippen molar-refractivity contribution in [3.8, 4) is 5.75 Å². The lowest BCUT2D eigenvalue weighted by Crippen LogP contribution is -2.34. The maximum absolute atomic E-state index is 13.4. The number of rotatable bonds is 7. The van der Waals surface area contributed by atoms with Crippen molar-refractivity contribution in [1.29, 1.82) is 0 Å². The van der Waals surface area contributed by atoms with E-state index in [0.29, 0.717) is 22.7 Å². The first kappa shape index (κ1) is 25.3. The SMILES string of the molecule is CNC(=O)COc1cc2cc(Nc3nc(N4CCC(C)CC4)ncc3Cl)ccc2n(C2CCCC2)c1=O. The molecule has 2 fully saturated rings. The summed E-state index contributed by atoms with van der Waals surface area (Å²) in [5.41, 5.74) is 1.41. The highest BCUT2D eigenvalue weighted by atomic mass is 35.5. The number of nitrogens with zero attached hydrogens (tertiary/aromatic N) is 4. The molecule has 1 aliphatic carbocycles. The molecule has 10 heteroatoms. The standard InChI is InChI=1S/C27H33ClN6O3/c1-17-9-11-33(12-10-17)27-30-15-21(28)25(32-27)31-19-7-8-22-18(13-19)14-23(37-16-24(35)29-2)26(36)34(22)20-5-3-4-6-20/h7-8,13-15,17,20H,3-6,9-12,16H2,1-2H3,(H,29,35)(H,30,31,32). The number of anilines is 3. The zero-order valence-electron chi connectivity index (χ0n) is 21.3. The third-order valence-corrected chi connectivity index (χ3v) is 7.67. The van der Waals surface area contributed by atoms with E-state index in [9.17, 15) is 9.59 Å². The first-order chi connectivity index (χ1) is 17.9. The van der Waals surface area contributed by atoms with Crippen LogP contribution in [-0.4, -0.2) is 47.2 Å². The molecule has 1 amide bonds. The lowest BCUT2D eigenvalue weighted by atomic mass is 10.00. The van der Waals surface area contributed by atoms with Crippen LogP contribution >= 0.6 is 11.6 Å². The summed E-state index contributed by atoms with van der Waals surface area (Å²) < 4.78 is 7.48. The Bertz CT molecular complexity index is 1350. The lowest BCUT2D eigenvalue weighted by molar-refractivity contribution is -0.122. The van der Waals surface area contributed by atoms with E-state index in [1.165, 1.54) is 7.05 Å². The molecule has 1 saturated heterocycles. The minimum Gasteiger partial charge on any atom is -0.478 e. The van der Waals surface area contributed by atoms with Crippen molar-refractivity contribution in [3.05, 3.63) is 45.8 Å². The lowest BCUT2D eigenvalue weighted by Gasteiger charge is -2.30. The van der Waals surface area contributed by atoms with Gasteiger partial charge in [0.2, 0.25) is 5.95 Å². The number of benzene rings is 1. The minimum atomic E-state index is -0.292.